The van der Waals surface area contributed by atoms with Crippen LogP contribution in [0.15, 0.2) is 24.3 Å². The smallest absolute Gasteiger partial charge is 0.163 e. The fourth-order valence-electron chi connectivity index (χ4n) is 2.26. The standard InChI is InChI=1S/C15H21NO3/c1-12-11-16(7-9-18-12)8-10-19-15-6-4-3-5-14(15)13(2)17/h3-6,12H,7-11H2,1-2H3. The fraction of sp³-hybridized carbons (Fsp3) is 0.533. The van der Waals surface area contributed by atoms with Crippen LogP contribution in [-0.2, 0) is 4.74 Å². The van der Waals surface area contributed by atoms with Gasteiger partial charge in [0.25, 0.3) is 0 Å². The third-order valence-electron chi connectivity index (χ3n) is 3.26. The maximum Gasteiger partial charge on any atom is 0.163 e. The molecule has 4 nitrogen and oxygen atoms in total. The van der Waals surface area contributed by atoms with Gasteiger partial charge in [-0.15, -0.1) is 0 Å². The molecule has 4 heteroatoms. The van der Waals surface area contributed by atoms with Crippen molar-refractivity contribution in [1.29, 1.82) is 0 Å². The number of Topliss-reactive ketones (excluding diaryl/α,β-unsaturated/α-hetero) is 1. The van der Waals surface area contributed by atoms with Gasteiger partial charge in [0.05, 0.1) is 18.3 Å². The number of nitrogens with zero attached hydrogens (tertiary/aromatic N) is 1. The highest BCUT2D eigenvalue weighted by Gasteiger charge is 2.16. The average Bonchev–Trinajstić information content (AvgIpc) is 2.39. The Balaban J connectivity index is 1.84. The van der Waals surface area contributed by atoms with Gasteiger partial charge in [0.1, 0.15) is 12.4 Å². The molecule has 104 valence electrons. The number of morpholine rings is 1. The predicted molar refractivity (Wildman–Crippen MR) is 73.8 cm³/mol. The van der Waals surface area contributed by atoms with Crippen molar-refractivity contribution in [2.75, 3.05) is 32.8 Å². The Labute approximate surface area is 114 Å². The van der Waals surface area contributed by atoms with Crippen molar-refractivity contribution < 1.29 is 14.3 Å². The van der Waals surface area contributed by atoms with Crippen LogP contribution in [0.2, 0.25) is 0 Å². The molecule has 1 aromatic carbocycles. The van der Waals surface area contributed by atoms with Gasteiger partial charge in [0.2, 0.25) is 0 Å². The molecule has 1 fully saturated rings. The lowest BCUT2D eigenvalue weighted by Crippen LogP contribution is -2.42. The van der Waals surface area contributed by atoms with Crippen LogP contribution in [-0.4, -0.2) is 49.6 Å². The highest BCUT2D eigenvalue weighted by atomic mass is 16.5. The molecular formula is C15H21NO3. The van der Waals surface area contributed by atoms with Gasteiger partial charge in [-0.1, -0.05) is 12.1 Å². The van der Waals surface area contributed by atoms with Crippen LogP contribution in [0.4, 0.5) is 0 Å². The lowest BCUT2D eigenvalue weighted by atomic mass is 10.1. The molecule has 1 aromatic rings. The van der Waals surface area contributed by atoms with Crippen LogP contribution in [0.5, 0.6) is 5.75 Å². The molecule has 19 heavy (non-hydrogen) atoms. The predicted octanol–water partition coefficient (Wildman–Crippen LogP) is 1.99. The second-order valence-corrected chi connectivity index (χ2v) is 4.88. The van der Waals surface area contributed by atoms with Crippen LogP contribution in [0, 0.1) is 0 Å². The average molecular weight is 263 g/mol. The van der Waals surface area contributed by atoms with Crippen molar-refractivity contribution in [3.8, 4) is 5.75 Å². The monoisotopic (exact) mass is 263 g/mol. The van der Waals surface area contributed by atoms with Crippen molar-refractivity contribution in [1.82, 2.24) is 4.90 Å². The van der Waals surface area contributed by atoms with E-state index in [1.54, 1.807) is 13.0 Å². The second kappa shape index (κ2) is 6.68. The van der Waals surface area contributed by atoms with Crippen molar-refractivity contribution in [3.63, 3.8) is 0 Å². The Morgan fingerprint density at radius 2 is 2.26 bits per heavy atom. The zero-order valence-corrected chi connectivity index (χ0v) is 11.6. The number of benzene rings is 1. The topological polar surface area (TPSA) is 38.8 Å². The number of ketones is 1. The number of rotatable bonds is 5. The molecule has 1 unspecified atom stereocenters. The minimum absolute atomic E-state index is 0.0376. The number of hydrogen-bond donors (Lipinski definition) is 0. The van der Waals surface area contributed by atoms with E-state index in [9.17, 15) is 4.79 Å². The maximum absolute atomic E-state index is 11.5. The summed E-state index contributed by atoms with van der Waals surface area (Å²) in [7, 11) is 0. The summed E-state index contributed by atoms with van der Waals surface area (Å²) in [5, 5.41) is 0. The lowest BCUT2D eigenvalue weighted by Gasteiger charge is -2.30. The van der Waals surface area contributed by atoms with E-state index in [1.807, 2.05) is 18.2 Å². The van der Waals surface area contributed by atoms with E-state index in [-0.39, 0.29) is 5.78 Å². The summed E-state index contributed by atoms with van der Waals surface area (Å²) in [6, 6.07) is 7.39. The van der Waals surface area contributed by atoms with E-state index in [4.69, 9.17) is 9.47 Å². The molecular weight excluding hydrogens is 242 g/mol. The molecule has 0 spiro atoms. The Hall–Kier alpha value is -1.39. The normalized spacial score (nSPS) is 20.2. The van der Waals surface area contributed by atoms with E-state index < -0.39 is 0 Å². The van der Waals surface area contributed by atoms with Gasteiger partial charge in [-0.3, -0.25) is 9.69 Å². The summed E-state index contributed by atoms with van der Waals surface area (Å²) in [6.45, 7) is 7.77. The maximum atomic E-state index is 11.5. The second-order valence-electron chi connectivity index (χ2n) is 4.88. The highest BCUT2D eigenvalue weighted by molar-refractivity contribution is 5.96. The molecule has 0 amide bonds. The molecule has 0 bridgehead atoms. The summed E-state index contributed by atoms with van der Waals surface area (Å²) in [5.74, 6) is 0.715. The van der Waals surface area contributed by atoms with Gasteiger partial charge in [-0.2, -0.15) is 0 Å². The van der Waals surface area contributed by atoms with Crippen LogP contribution in [0.1, 0.15) is 24.2 Å². The molecule has 1 saturated heterocycles. The summed E-state index contributed by atoms with van der Waals surface area (Å²) >= 11 is 0. The Morgan fingerprint density at radius 3 is 3.00 bits per heavy atom. The van der Waals surface area contributed by atoms with Crippen molar-refractivity contribution >= 4 is 5.78 Å². The molecule has 1 atom stereocenters. The fourth-order valence-corrected chi connectivity index (χ4v) is 2.26. The molecule has 0 saturated carbocycles. The van der Waals surface area contributed by atoms with Crippen molar-refractivity contribution in [2.24, 2.45) is 0 Å². The quantitative estimate of drug-likeness (QED) is 0.762. The van der Waals surface area contributed by atoms with E-state index in [2.05, 4.69) is 11.8 Å². The SMILES string of the molecule is CC(=O)c1ccccc1OCCN1CCOC(C)C1. The number of hydrogen-bond acceptors (Lipinski definition) is 4. The number of para-hydroxylation sites is 1. The van der Waals surface area contributed by atoms with Crippen LogP contribution >= 0.6 is 0 Å². The van der Waals surface area contributed by atoms with Crippen molar-refractivity contribution in [3.05, 3.63) is 29.8 Å². The van der Waals surface area contributed by atoms with Gasteiger partial charge in [-0.25, -0.2) is 0 Å². The Morgan fingerprint density at radius 1 is 1.47 bits per heavy atom. The third kappa shape index (κ3) is 4.04. The zero-order chi connectivity index (χ0) is 13.7. The van der Waals surface area contributed by atoms with E-state index >= 15 is 0 Å². The lowest BCUT2D eigenvalue weighted by molar-refractivity contribution is -0.0214. The number of carbonyl (C=O) groups excluding carboxylic acids is 1. The summed E-state index contributed by atoms with van der Waals surface area (Å²) in [4.78, 5) is 13.8. The summed E-state index contributed by atoms with van der Waals surface area (Å²) in [6.07, 6.45) is 0.290. The van der Waals surface area contributed by atoms with E-state index in [0.717, 1.165) is 26.2 Å². The minimum Gasteiger partial charge on any atom is -0.491 e. The summed E-state index contributed by atoms with van der Waals surface area (Å²) in [5.41, 5.74) is 0.651. The molecule has 1 aliphatic heterocycles. The first kappa shape index (κ1) is 14.0. The van der Waals surface area contributed by atoms with Crippen LogP contribution in [0.25, 0.3) is 0 Å². The van der Waals surface area contributed by atoms with Crippen LogP contribution < -0.4 is 4.74 Å². The largest absolute Gasteiger partial charge is 0.491 e. The van der Waals surface area contributed by atoms with Gasteiger partial charge < -0.3 is 9.47 Å². The molecule has 0 radical (unpaired) electrons. The van der Waals surface area contributed by atoms with Gasteiger partial charge in [-0.05, 0) is 26.0 Å². The molecule has 0 aromatic heterocycles. The molecule has 1 heterocycles. The Bertz CT molecular complexity index is 433. The van der Waals surface area contributed by atoms with E-state index in [0.29, 0.717) is 24.0 Å². The minimum atomic E-state index is 0.0376. The van der Waals surface area contributed by atoms with Gasteiger partial charge in [0.15, 0.2) is 5.78 Å². The van der Waals surface area contributed by atoms with E-state index in [1.165, 1.54) is 0 Å². The zero-order valence-electron chi connectivity index (χ0n) is 11.6. The summed E-state index contributed by atoms with van der Waals surface area (Å²) < 4.78 is 11.2. The highest BCUT2D eigenvalue weighted by Crippen LogP contribution is 2.18. The van der Waals surface area contributed by atoms with Gasteiger partial charge >= 0.3 is 0 Å². The number of ether oxygens (including phenoxy) is 2. The first-order chi connectivity index (χ1) is 9.16. The molecule has 1 aliphatic rings. The first-order valence-corrected chi connectivity index (χ1v) is 6.73. The van der Waals surface area contributed by atoms with Gasteiger partial charge in [0, 0.05) is 19.6 Å². The Kier molecular flexibility index (Phi) is 4.93. The third-order valence-corrected chi connectivity index (χ3v) is 3.26. The first-order valence-electron chi connectivity index (χ1n) is 6.73. The number of carbonyl (C=O) groups is 1. The molecule has 0 N–H and O–H groups in total. The van der Waals surface area contributed by atoms with Crippen molar-refractivity contribution in [2.45, 2.75) is 20.0 Å². The molecule has 0 aliphatic carbocycles. The molecule has 2 rings (SSSR count). The van der Waals surface area contributed by atoms with Crippen LogP contribution in [0.3, 0.4) is 0 Å².